The van der Waals surface area contributed by atoms with Gasteiger partial charge in [-0.05, 0) is 24.6 Å². The van der Waals surface area contributed by atoms with Crippen LogP contribution in [0, 0.1) is 6.92 Å². The number of aryl methyl sites for hydroxylation is 1. The summed E-state index contributed by atoms with van der Waals surface area (Å²) in [6, 6.07) is 5.78. The molecule has 0 saturated heterocycles. The van der Waals surface area contributed by atoms with Gasteiger partial charge in [0.15, 0.2) is 0 Å². The maximum absolute atomic E-state index is 5.69. The zero-order valence-corrected chi connectivity index (χ0v) is 10.2. The number of nitrogen functional groups attached to an aromatic ring is 1. The SMILES string of the molecule is Cc1ccc(Br)cc1Oc1ncncc1N. The number of hydrogen-bond donors (Lipinski definition) is 1. The Kier molecular flexibility index (Phi) is 3.05. The molecule has 0 saturated carbocycles. The lowest BCUT2D eigenvalue weighted by Gasteiger charge is -2.09. The van der Waals surface area contributed by atoms with Crippen LogP contribution in [0.4, 0.5) is 5.69 Å². The van der Waals surface area contributed by atoms with E-state index in [0.717, 1.165) is 15.8 Å². The molecule has 0 fully saturated rings. The highest BCUT2D eigenvalue weighted by Crippen LogP contribution is 2.29. The lowest BCUT2D eigenvalue weighted by atomic mass is 10.2. The number of halogens is 1. The summed E-state index contributed by atoms with van der Waals surface area (Å²) in [6.45, 7) is 1.96. The Bertz CT molecular complexity index is 516. The molecular formula is C11H10BrN3O. The molecule has 5 heteroatoms. The smallest absolute Gasteiger partial charge is 0.245 e. The topological polar surface area (TPSA) is 61.0 Å². The van der Waals surface area contributed by atoms with E-state index in [1.54, 1.807) is 0 Å². The van der Waals surface area contributed by atoms with Crippen LogP contribution in [0.25, 0.3) is 0 Å². The molecule has 0 atom stereocenters. The van der Waals surface area contributed by atoms with E-state index < -0.39 is 0 Å². The summed E-state index contributed by atoms with van der Waals surface area (Å²) in [5, 5.41) is 0. The van der Waals surface area contributed by atoms with Gasteiger partial charge in [-0.15, -0.1) is 0 Å². The zero-order valence-electron chi connectivity index (χ0n) is 8.64. The van der Waals surface area contributed by atoms with Crippen LogP contribution >= 0.6 is 15.9 Å². The molecule has 0 aliphatic rings. The largest absolute Gasteiger partial charge is 0.437 e. The van der Waals surface area contributed by atoms with Crippen LogP contribution in [0.15, 0.2) is 35.2 Å². The van der Waals surface area contributed by atoms with Crippen LogP contribution < -0.4 is 10.5 Å². The summed E-state index contributed by atoms with van der Waals surface area (Å²) in [4.78, 5) is 7.77. The van der Waals surface area contributed by atoms with Gasteiger partial charge in [0, 0.05) is 4.47 Å². The summed E-state index contributed by atoms with van der Waals surface area (Å²) in [5.74, 6) is 1.09. The Hall–Kier alpha value is -1.62. The van der Waals surface area contributed by atoms with E-state index in [-0.39, 0.29) is 0 Å². The Morgan fingerprint density at radius 1 is 1.38 bits per heavy atom. The maximum atomic E-state index is 5.69. The average Bonchev–Trinajstić information content (AvgIpc) is 2.27. The fourth-order valence-corrected chi connectivity index (χ4v) is 1.54. The number of rotatable bonds is 2. The Balaban J connectivity index is 2.34. The Labute approximate surface area is 102 Å². The van der Waals surface area contributed by atoms with Crippen molar-refractivity contribution >= 4 is 21.6 Å². The predicted molar refractivity (Wildman–Crippen MR) is 65.4 cm³/mol. The van der Waals surface area contributed by atoms with Gasteiger partial charge in [0.1, 0.15) is 17.8 Å². The Morgan fingerprint density at radius 3 is 2.94 bits per heavy atom. The standard InChI is InChI=1S/C11H10BrN3O/c1-7-2-3-8(12)4-10(7)16-11-9(13)5-14-6-15-11/h2-6H,13H2,1H3. The second-order valence-corrected chi connectivity index (χ2v) is 4.21. The van der Waals surface area contributed by atoms with Gasteiger partial charge >= 0.3 is 0 Å². The maximum Gasteiger partial charge on any atom is 0.245 e. The van der Waals surface area contributed by atoms with Crippen LogP contribution in [0.1, 0.15) is 5.56 Å². The quantitative estimate of drug-likeness (QED) is 0.918. The first kappa shape index (κ1) is 10.9. The van der Waals surface area contributed by atoms with Crippen molar-refractivity contribution in [1.29, 1.82) is 0 Å². The minimum Gasteiger partial charge on any atom is -0.437 e. The van der Waals surface area contributed by atoms with Gasteiger partial charge < -0.3 is 10.5 Å². The average molecular weight is 280 g/mol. The number of anilines is 1. The molecule has 0 spiro atoms. The lowest BCUT2D eigenvalue weighted by Crippen LogP contribution is -1.96. The molecule has 4 nitrogen and oxygen atoms in total. The minimum absolute atomic E-state index is 0.371. The third-order valence-electron chi connectivity index (χ3n) is 2.06. The first-order valence-electron chi connectivity index (χ1n) is 4.66. The molecule has 16 heavy (non-hydrogen) atoms. The van der Waals surface area contributed by atoms with Gasteiger partial charge in [-0.1, -0.05) is 22.0 Å². The molecule has 1 aromatic carbocycles. The minimum atomic E-state index is 0.371. The van der Waals surface area contributed by atoms with Crippen molar-refractivity contribution in [2.24, 2.45) is 0 Å². The third-order valence-corrected chi connectivity index (χ3v) is 2.55. The highest BCUT2D eigenvalue weighted by molar-refractivity contribution is 9.10. The predicted octanol–water partition coefficient (Wildman–Crippen LogP) is 2.92. The van der Waals surface area contributed by atoms with E-state index in [0.29, 0.717) is 11.6 Å². The summed E-state index contributed by atoms with van der Waals surface area (Å²) in [7, 11) is 0. The summed E-state index contributed by atoms with van der Waals surface area (Å²) >= 11 is 3.38. The zero-order chi connectivity index (χ0) is 11.5. The molecule has 1 heterocycles. The van der Waals surface area contributed by atoms with E-state index >= 15 is 0 Å². The van der Waals surface area contributed by atoms with E-state index in [4.69, 9.17) is 10.5 Å². The van der Waals surface area contributed by atoms with Crippen molar-refractivity contribution in [2.45, 2.75) is 6.92 Å². The molecule has 1 aromatic heterocycles. The van der Waals surface area contributed by atoms with Gasteiger partial charge in [-0.3, -0.25) is 0 Å². The summed E-state index contributed by atoms with van der Waals surface area (Å²) in [5.41, 5.74) is 7.13. The second-order valence-electron chi connectivity index (χ2n) is 3.30. The molecule has 2 rings (SSSR count). The van der Waals surface area contributed by atoms with Crippen LogP contribution in [-0.4, -0.2) is 9.97 Å². The highest BCUT2D eigenvalue weighted by atomic mass is 79.9. The number of aromatic nitrogens is 2. The molecule has 0 radical (unpaired) electrons. The normalized spacial score (nSPS) is 10.1. The van der Waals surface area contributed by atoms with Gasteiger partial charge in [0.05, 0.1) is 6.20 Å². The van der Waals surface area contributed by atoms with Crippen LogP contribution in [0.3, 0.4) is 0 Å². The highest BCUT2D eigenvalue weighted by Gasteiger charge is 2.06. The fraction of sp³-hybridized carbons (Fsp3) is 0.0909. The van der Waals surface area contributed by atoms with Crippen molar-refractivity contribution < 1.29 is 4.74 Å². The van der Waals surface area contributed by atoms with Crippen molar-refractivity contribution in [3.8, 4) is 11.6 Å². The van der Waals surface area contributed by atoms with E-state index in [1.807, 2.05) is 25.1 Å². The molecule has 2 aromatic rings. The number of hydrogen-bond acceptors (Lipinski definition) is 4. The number of nitrogens with zero attached hydrogens (tertiary/aromatic N) is 2. The molecule has 0 unspecified atom stereocenters. The summed E-state index contributed by atoms with van der Waals surface area (Å²) < 4.78 is 6.56. The molecule has 0 aliphatic carbocycles. The van der Waals surface area contributed by atoms with Crippen LogP contribution in [0.2, 0.25) is 0 Å². The van der Waals surface area contributed by atoms with Gasteiger partial charge in [0.2, 0.25) is 5.88 Å². The third kappa shape index (κ3) is 2.30. The van der Waals surface area contributed by atoms with E-state index in [9.17, 15) is 0 Å². The number of benzene rings is 1. The molecular weight excluding hydrogens is 270 g/mol. The molecule has 0 bridgehead atoms. The van der Waals surface area contributed by atoms with E-state index in [2.05, 4.69) is 25.9 Å². The van der Waals surface area contributed by atoms with E-state index in [1.165, 1.54) is 12.5 Å². The van der Waals surface area contributed by atoms with Gasteiger partial charge in [0.25, 0.3) is 0 Å². The van der Waals surface area contributed by atoms with Gasteiger partial charge in [-0.25, -0.2) is 4.98 Å². The second kappa shape index (κ2) is 4.49. The monoisotopic (exact) mass is 279 g/mol. The number of nitrogens with two attached hydrogens (primary N) is 1. The van der Waals surface area contributed by atoms with Crippen molar-refractivity contribution in [3.63, 3.8) is 0 Å². The molecule has 2 N–H and O–H groups in total. The lowest BCUT2D eigenvalue weighted by molar-refractivity contribution is 0.460. The van der Waals surface area contributed by atoms with Gasteiger partial charge in [-0.2, -0.15) is 4.98 Å². The first-order valence-corrected chi connectivity index (χ1v) is 5.45. The van der Waals surface area contributed by atoms with Crippen LogP contribution in [0.5, 0.6) is 11.6 Å². The van der Waals surface area contributed by atoms with Crippen molar-refractivity contribution in [1.82, 2.24) is 9.97 Å². The van der Waals surface area contributed by atoms with Crippen molar-refractivity contribution in [2.75, 3.05) is 5.73 Å². The molecule has 0 aliphatic heterocycles. The first-order chi connectivity index (χ1) is 7.66. The fourth-order valence-electron chi connectivity index (χ4n) is 1.20. The van der Waals surface area contributed by atoms with Crippen LogP contribution in [-0.2, 0) is 0 Å². The number of ether oxygens (including phenoxy) is 1. The summed E-state index contributed by atoms with van der Waals surface area (Å²) in [6.07, 6.45) is 2.91. The van der Waals surface area contributed by atoms with Crippen molar-refractivity contribution in [3.05, 3.63) is 40.8 Å². The molecule has 82 valence electrons. The molecule has 0 amide bonds. The Morgan fingerprint density at radius 2 is 2.19 bits per heavy atom.